The van der Waals surface area contributed by atoms with Crippen molar-refractivity contribution in [2.45, 2.75) is 6.92 Å². The SMILES string of the molecule is CCOc1ccc(-c2nc(C(=O)OC)cnc2OC)cc1. The highest BCUT2D eigenvalue weighted by molar-refractivity contribution is 5.87. The van der Waals surface area contributed by atoms with Gasteiger partial charge in [0.2, 0.25) is 5.88 Å². The summed E-state index contributed by atoms with van der Waals surface area (Å²) in [7, 11) is 2.80. The summed E-state index contributed by atoms with van der Waals surface area (Å²) in [5.74, 6) is 0.557. The minimum atomic E-state index is -0.544. The zero-order valence-corrected chi connectivity index (χ0v) is 12.1. The van der Waals surface area contributed by atoms with Crippen LogP contribution in [0.2, 0.25) is 0 Å². The van der Waals surface area contributed by atoms with Crippen molar-refractivity contribution >= 4 is 5.97 Å². The first-order chi connectivity index (χ1) is 10.2. The molecule has 21 heavy (non-hydrogen) atoms. The predicted molar refractivity (Wildman–Crippen MR) is 76.5 cm³/mol. The van der Waals surface area contributed by atoms with Crippen LogP contribution in [-0.2, 0) is 4.74 Å². The summed E-state index contributed by atoms with van der Waals surface area (Å²) < 4.78 is 15.2. The average Bonchev–Trinajstić information content (AvgIpc) is 2.54. The van der Waals surface area contributed by atoms with Gasteiger partial charge in [0.05, 0.1) is 27.0 Å². The summed E-state index contributed by atoms with van der Waals surface area (Å²) >= 11 is 0. The highest BCUT2D eigenvalue weighted by Crippen LogP contribution is 2.27. The summed E-state index contributed by atoms with van der Waals surface area (Å²) in [6.45, 7) is 2.52. The highest BCUT2D eigenvalue weighted by atomic mass is 16.5. The molecule has 0 fully saturated rings. The summed E-state index contributed by atoms with van der Waals surface area (Å²) in [5, 5.41) is 0. The maximum atomic E-state index is 11.6. The standard InChI is InChI=1S/C15H16N2O4/c1-4-21-11-7-5-10(6-8-11)13-14(19-2)16-9-12(17-13)15(18)20-3/h5-9H,4H2,1-3H3. The molecule has 1 aromatic carbocycles. The fourth-order valence-electron chi connectivity index (χ4n) is 1.79. The minimum Gasteiger partial charge on any atom is -0.494 e. The van der Waals surface area contributed by atoms with Crippen LogP contribution < -0.4 is 9.47 Å². The molecule has 0 aliphatic carbocycles. The summed E-state index contributed by atoms with van der Waals surface area (Å²) in [6.07, 6.45) is 1.32. The Morgan fingerprint density at radius 1 is 1.19 bits per heavy atom. The second-order valence-electron chi connectivity index (χ2n) is 4.06. The predicted octanol–water partition coefficient (Wildman–Crippen LogP) is 2.34. The van der Waals surface area contributed by atoms with Crippen LogP contribution in [0.25, 0.3) is 11.3 Å². The molecule has 0 spiro atoms. The largest absolute Gasteiger partial charge is 0.494 e. The maximum Gasteiger partial charge on any atom is 0.358 e. The fraction of sp³-hybridized carbons (Fsp3) is 0.267. The number of esters is 1. The number of nitrogens with zero attached hydrogens (tertiary/aromatic N) is 2. The van der Waals surface area contributed by atoms with Crippen LogP contribution in [-0.4, -0.2) is 36.8 Å². The molecule has 2 rings (SSSR count). The van der Waals surface area contributed by atoms with E-state index < -0.39 is 5.97 Å². The van der Waals surface area contributed by atoms with Crippen molar-refractivity contribution in [2.24, 2.45) is 0 Å². The van der Waals surface area contributed by atoms with Gasteiger partial charge in [-0.3, -0.25) is 0 Å². The molecule has 110 valence electrons. The van der Waals surface area contributed by atoms with Crippen molar-refractivity contribution in [3.05, 3.63) is 36.2 Å². The number of benzene rings is 1. The van der Waals surface area contributed by atoms with E-state index in [9.17, 15) is 4.79 Å². The molecule has 1 aromatic heterocycles. The Morgan fingerprint density at radius 3 is 2.48 bits per heavy atom. The smallest absolute Gasteiger partial charge is 0.358 e. The monoisotopic (exact) mass is 288 g/mol. The third-order valence-electron chi connectivity index (χ3n) is 2.77. The van der Waals surface area contributed by atoms with Gasteiger partial charge in [0.25, 0.3) is 0 Å². The van der Waals surface area contributed by atoms with Crippen molar-refractivity contribution in [1.82, 2.24) is 9.97 Å². The highest BCUT2D eigenvalue weighted by Gasteiger charge is 2.15. The van der Waals surface area contributed by atoms with Gasteiger partial charge in [0.15, 0.2) is 5.69 Å². The van der Waals surface area contributed by atoms with Gasteiger partial charge in [-0.05, 0) is 31.2 Å². The van der Waals surface area contributed by atoms with E-state index >= 15 is 0 Å². The average molecular weight is 288 g/mol. The molecule has 0 aliphatic rings. The second-order valence-corrected chi connectivity index (χ2v) is 4.06. The molecule has 0 unspecified atom stereocenters. The number of aromatic nitrogens is 2. The van der Waals surface area contributed by atoms with Crippen LogP contribution >= 0.6 is 0 Å². The number of rotatable bonds is 5. The Kier molecular flexibility index (Phi) is 4.71. The van der Waals surface area contributed by atoms with Crippen LogP contribution in [0, 0.1) is 0 Å². The summed E-state index contributed by atoms with van der Waals surface area (Å²) in [5.41, 5.74) is 1.37. The minimum absolute atomic E-state index is 0.127. The molecule has 0 saturated heterocycles. The zero-order chi connectivity index (χ0) is 15.2. The van der Waals surface area contributed by atoms with Gasteiger partial charge in [-0.25, -0.2) is 14.8 Å². The van der Waals surface area contributed by atoms with Crippen LogP contribution in [0.3, 0.4) is 0 Å². The molecule has 0 aliphatic heterocycles. The van der Waals surface area contributed by atoms with Crippen LogP contribution in [0.4, 0.5) is 0 Å². The van der Waals surface area contributed by atoms with Gasteiger partial charge in [-0.15, -0.1) is 0 Å². The van der Waals surface area contributed by atoms with Crippen molar-refractivity contribution in [3.8, 4) is 22.9 Å². The zero-order valence-electron chi connectivity index (χ0n) is 12.1. The number of carbonyl (C=O) groups is 1. The fourth-order valence-corrected chi connectivity index (χ4v) is 1.79. The summed E-state index contributed by atoms with van der Waals surface area (Å²) in [4.78, 5) is 19.9. The van der Waals surface area contributed by atoms with Crippen LogP contribution in [0.5, 0.6) is 11.6 Å². The molecule has 0 saturated carbocycles. The molecule has 6 nitrogen and oxygen atoms in total. The number of ether oxygens (including phenoxy) is 3. The molecule has 6 heteroatoms. The lowest BCUT2D eigenvalue weighted by Gasteiger charge is -2.09. The van der Waals surface area contributed by atoms with Gasteiger partial charge >= 0.3 is 5.97 Å². The van der Waals surface area contributed by atoms with Crippen LogP contribution in [0.15, 0.2) is 30.5 Å². The maximum absolute atomic E-state index is 11.6. The lowest BCUT2D eigenvalue weighted by Crippen LogP contribution is -2.07. The molecule has 0 bridgehead atoms. The lowest BCUT2D eigenvalue weighted by molar-refractivity contribution is 0.0593. The first kappa shape index (κ1) is 14.8. The second kappa shape index (κ2) is 6.69. The van der Waals surface area contributed by atoms with E-state index in [1.807, 2.05) is 31.2 Å². The normalized spacial score (nSPS) is 10.0. The number of methoxy groups -OCH3 is 2. The number of hydrogen-bond acceptors (Lipinski definition) is 6. The van der Waals surface area contributed by atoms with Gasteiger partial charge < -0.3 is 14.2 Å². The molecule has 1 heterocycles. The van der Waals surface area contributed by atoms with Crippen molar-refractivity contribution in [3.63, 3.8) is 0 Å². The Hall–Kier alpha value is -2.63. The lowest BCUT2D eigenvalue weighted by atomic mass is 10.1. The Labute approximate surface area is 122 Å². The van der Waals surface area contributed by atoms with E-state index in [2.05, 4.69) is 14.7 Å². The number of carbonyl (C=O) groups excluding carboxylic acids is 1. The van der Waals surface area contributed by atoms with Gasteiger partial charge in [-0.2, -0.15) is 0 Å². The van der Waals surface area contributed by atoms with E-state index in [1.54, 1.807) is 0 Å². The van der Waals surface area contributed by atoms with E-state index in [1.165, 1.54) is 20.4 Å². The van der Waals surface area contributed by atoms with Crippen molar-refractivity contribution < 1.29 is 19.0 Å². The van der Waals surface area contributed by atoms with Crippen molar-refractivity contribution in [2.75, 3.05) is 20.8 Å². The molecule has 0 radical (unpaired) electrons. The quantitative estimate of drug-likeness (QED) is 0.786. The Bertz CT molecular complexity index is 626. The van der Waals surface area contributed by atoms with Gasteiger partial charge in [-0.1, -0.05) is 0 Å². The first-order valence-corrected chi connectivity index (χ1v) is 6.42. The van der Waals surface area contributed by atoms with Gasteiger partial charge in [0.1, 0.15) is 11.4 Å². The molecule has 0 N–H and O–H groups in total. The Morgan fingerprint density at radius 2 is 1.90 bits per heavy atom. The third-order valence-corrected chi connectivity index (χ3v) is 2.77. The molecular weight excluding hydrogens is 272 g/mol. The molecular formula is C15H16N2O4. The third kappa shape index (κ3) is 3.28. The topological polar surface area (TPSA) is 70.5 Å². The molecule has 0 atom stereocenters. The van der Waals surface area contributed by atoms with Crippen molar-refractivity contribution in [1.29, 1.82) is 0 Å². The van der Waals surface area contributed by atoms with E-state index in [0.29, 0.717) is 18.2 Å². The number of hydrogen-bond donors (Lipinski definition) is 0. The molecule has 0 amide bonds. The van der Waals surface area contributed by atoms with E-state index in [0.717, 1.165) is 11.3 Å². The molecule has 2 aromatic rings. The van der Waals surface area contributed by atoms with Gasteiger partial charge in [0, 0.05) is 5.56 Å². The first-order valence-electron chi connectivity index (χ1n) is 6.42. The summed E-state index contributed by atoms with van der Waals surface area (Å²) in [6, 6.07) is 7.31. The Balaban J connectivity index is 2.42. The van der Waals surface area contributed by atoms with Crippen LogP contribution in [0.1, 0.15) is 17.4 Å². The van der Waals surface area contributed by atoms with E-state index in [-0.39, 0.29) is 5.69 Å². The van der Waals surface area contributed by atoms with E-state index in [4.69, 9.17) is 9.47 Å².